The predicted octanol–water partition coefficient (Wildman–Crippen LogP) is 7.91. The first-order chi connectivity index (χ1) is 18.7. The van der Waals surface area contributed by atoms with Crippen LogP contribution in [0.15, 0.2) is 47.5 Å². The second-order valence-electron chi connectivity index (χ2n) is 8.66. The maximum atomic E-state index is 9.24. The Morgan fingerprint density at radius 2 is 1.66 bits per heavy atom. The molecule has 0 N–H and O–H groups in total. The highest BCUT2D eigenvalue weighted by Gasteiger charge is 2.23. The van der Waals surface area contributed by atoms with E-state index in [4.69, 9.17) is 6.57 Å². The molecule has 5 heterocycles. The van der Waals surface area contributed by atoms with E-state index < -0.39 is 0 Å². The molecular formula is C26H10N8S4. The van der Waals surface area contributed by atoms with Crippen molar-refractivity contribution < 1.29 is 0 Å². The van der Waals surface area contributed by atoms with E-state index in [1.807, 2.05) is 23.5 Å². The van der Waals surface area contributed by atoms with E-state index in [-0.39, 0.29) is 5.84 Å². The Hall–Kier alpha value is -4.33. The van der Waals surface area contributed by atoms with Crippen LogP contribution in [0.1, 0.15) is 0 Å². The molecule has 0 amide bonds. The number of benzene rings is 3. The first-order valence-electron chi connectivity index (χ1n) is 11.3. The molecule has 0 saturated heterocycles. The molecule has 0 aliphatic carbocycles. The van der Waals surface area contributed by atoms with Gasteiger partial charge in [-0.25, -0.2) is 5.26 Å². The quantitative estimate of drug-likeness (QED) is 0.121. The van der Waals surface area contributed by atoms with E-state index in [1.54, 1.807) is 11.3 Å². The number of hydrogen-bond donors (Lipinski definition) is 0. The fraction of sp³-hybridized carbons (Fsp3) is 0.0385. The van der Waals surface area contributed by atoms with Gasteiger partial charge in [-0.15, -0.1) is 27.7 Å². The number of aliphatic imine (C=N–C) groups is 1. The van der Waals surface area contributed by atoms with Gasteiger partial charge in [0.05, 0.1) is 43.9 Å². The van der Waals surface area contributed by atoms with Crippen LogP contribution in [0.3, 0.4) is 0 Å². The molecule has 0 spiro atoms. The van der Waals surface area contributed by atoms with Gasteiger partial charge in [0.15, 0.2) is 11.2 Å². The van der Waals surface area contributed by atoms with Crippen LogP contribution in [0.4, 0.5) is 5.69 Å². The normalized spacial score (nSPS) is 12.4. The van der Waals surface area contributed by atoms with Gasteiger partial charge in [0.1, 0.15) is 22.6 Å². The Bertz CT molecular complexity index is 2380. The standard InChI is InChI=1S/C26H10N8S4/c1-28-19(10-27)29-15-8-13-12(21-23(15)33-38-31-21)7-14(22-20(13)30-37-32-22)18-9-16-25(36-18)26-24(34(16)2)11-5-3-4-6-17(11)35-26/h3-9H,2H3. The summed E-state index contributed by atoms with van der Waals surface area (Å²) in [6.07, 6.45) is 0. The van der Waals surface area contributed by atoms with Crippen LogP contribution in [-0.2, 0) is 7.05 Å². The lowest BCUT2D eigenvalue weighted by Gasteiger charge is -2.05. The minimum Gasteiger partial charge on any atom is -0.351 e. The molecule has 0 unspecified atom stereocenters. The van der Waals surface area contributed by atoms with Crippen LogP contribution in [0.25, 0.3) is 78.6 Å². The summed E-state index contributed by atoms with van der Waals surface area (Å²) in [7, 11) is 2.13. The molecule has 8 nitrogen and oxygen atoms in total. The van der Waals surface area contributed by atoms with Gasteiger partial charge >= 0.3 is 5.84 Å². The van der Waals surface area contributed by atoms with Gasteiger partial charge < -0.3 is 9.41 Å². The predicted molar refractivity (Wildman–Crippen MR) is 158 cm³/mol. The lowest BCUT2D eigenvalue weighted by Crippen LogP contribution is -1.87. The molecule has 12 heteroatoms. The minimum absolute atomic E-state index is 0.249. The Morgan fingerprint density at radius 3 is 2.47 bits per heavy atom. The number of fused-ring (bicyclic) bond motifs is 10. The first kappa shape index (κ1) is 21.7. The molecule has 0 saturated carbocycles. The van der Waals surface area contributed by atoms with Crippen LogP contribution < -0.4 is 0 Å². The number of amidine groups is 1. The average Bonchev–Trinajstić information content (AvgIpc) is 3.75. The molecule has 38 heavy (non-hydrogen) atoms. The summed E-state index contributed by atoms with van der Waals surface area (Å²) in [4.78, 5) is 8.58. The number of thiophene rings is 2. The van der Waals surface area contributed by atoms with Gasteiger partial charge in [-0.2, -0.15) is 17.5 Å². The summed E-state index contributed by atoms with van der Waals surface area (Å²) in [5.74, 6) is -0.249. The molecule has 178 valence electrons. The number of nitrogens with zero attached hydrogens (tertiary/aromatic N) is 8. The highest BCUT2D eigenvalue weighted by molar-refractivity contribution is 7.32. The number of hydrogen-bond acceptors (Lipinski definition) is 10. The number of rotatable bonds is 2. The topological polar surface area (TPSA) is 97.0 Å². The smallest absolute Gasteiger partial charge is 0.349 e. The summed E-state index contributed by atoms with van der Waals surface area (Å²) < 4.78 is 24.4. The molecule has 0 radical (unpaired) electrons. The van der Waals surface area contributed by atoms with Crippen molar-refractivity contribution >= 4 is 121 Å². The summed E-state index contributed by atoms with van der Waals surface area (Å²) in [6.45, 7) is 7.22. The number of aromatic nitrogens is 5. The second-order valence-corrected chi connectivity index (χ2v) is 11.8. The highest BCUT2D eigenvalue weighted by atomic mass is 32.1. The van der Waals surface area contributed by atoms with Crippen molar-refractivity contribution in [3.05, 3.63) is 53.9 Å². The molecule has 5 aromatic heterocycles. The van der Waals surface area contributed by atoms with Crippen molar-refractivity contribution in [1.82, 2.24) is 22.1 Å². The minimum atomic E-state index is -0.249. The van der Waals surface area contributed by atoms with Crippen molar-refractivity contribution in [2.45, 2.75) is 0 Å². The number of nitriles is 1. The molecule has 0 aliphatic rings. The molecule has 8 aromatic rings. The maximum Gasteiger partial charge on any atom is 0.349 e. The van der Waals surface area contributed by atoms with Gasteiger partial charge in [-0.1, -0.05) is 24.8 Å². The lowest BCUT2D eigenvalue weighted by molar-refractivity contribution is 1.02. The Balaban J connectivity index is 1.43. The molecular weight excluding hydrogens is 553 g/mol. The summed E-state index contributed by atoms with van der Waals surface area (Å²) in [5.41, 5.74) is 6.71. The van der Waals surface area contributed by atoms with E-state index in [0.717, 1.165) is 55.7 Å². The zero-order chi connectivity index (χ0) is 25.5. The van der Waals surface area contributed by atoms with Crippen molar-refractivity contribution in [2.24, 2.45) is 12.0 Å². The molecule has 0 atom stereocenters. The third-order valence-corrected chi connectivity index (χ3v) is 10.3. The van der Waals surface area contributed by atoms with E-state index >= 15 is 0 Å². The van der Waals surface area contributed by atoms with E-state index in [0.29, 0.717) is 16.7 Å². The van der Waals surface area contributed by atoms with E-state index in [1.165, 1.54) is 30.5 Å². The van der Waals surface area contributed by atoms with Crippen LogP contribution in [0.2, 0.25) is 0 Å². The molecule has 0 aliphatic heterocycles. The van der Waals surface area contributed by atoms with Crippen molar-refractivity contribution in [2.75, 3.05) is 0 Å². The Labute approximate surface area is 229 Å². The van der Waals surface area contributed by atoms with Crippen molar-refractivity contribution in [3.8, 4) is 16.5 Å². The summed E-state index contributed by atoms with van der Waals surface area (Å²) >= 11 is 5.84. The van der Waals surface area contributed by atoms with Gasteiger partial charge in [-0.3, -0.25) is 0 Å². The molecule has 0 fully saturated rings. The summed E-state index contributed by atoms with van der Waals surface area (Å²) in [6, 6.07) is 16.6. The third-order valence-electron chi connectivity index (χ3n) is 6.73. The SMILES string of the molecule is [C-]#[N+]C(C#N)=Nc1cc2c(cc(-c3cc4c(s3)c3sc5ccccc5c3n4C)c3nsnc32)c2nsnc12. The van der Waals surface area contributed by atoms with Gasteiger partial charge in [0, 0.05) is 44.4 Å². The molecule has 0 bridgehead atoms. The number of aryl methyl sites for hydroxylation is 1. The zero-order valence-electron chi connectivity index (χ0n) is 19.3. The van der Waals surface area contributed by atoms with Crippen molar-refractivity contribution in [1.29, 1.82) is 5.26 Å². The summed E-state index contributed by atoms with van der Waals surface area (Å²) in [5, 5.41) is 12.3. The lowest BCUT2D eigenvalue weighted by atomic mass is 10.0. The van der Waals surface area contributed by atoms with E-state index in [9.17, 15) is 5.26 Å². The average molecular weight is 563 g/mol. The highest BCUT2D eigenvalue weighted by Crippen LogP contribution is 2.47. The van der Waals surface area contributed by atoms with Gasteiger partial charge in [0.25, 0.3) is 0 Å². The fourth-order valence-corrected chi connectivity index (χ4v) is 8.79. The monoisotopic (exact) mass is 562 g/mol. The van der Waals surface area contributed by atoms with Crippen molar-refractivity contribution in [3.63, 3.8) is 0 Å². The Morgan fingerprint density at radius 1 is 0.921 bits per heavy atom. The molecule has 3 aromatic carbocycles. The van der Waals surface area contributed by atoms with Crippen LogP contribution in [0, 0.1) is 17.9 Å². The van der Waals surface area contributed by atoms with E-state index in [2.05, 4.69) is 75.3 Å². The fourth-order valence-electron chi connectivity index (χ4n) is 5.07. The Kier molecular flexibility index (Phi) is 4.48. The van der Waals surface area contributed by atoms with Gasteiger partial charge in [-0.05, 0) is 18.2 Å². The van der Waals surface area contributed by atoms with Crippen LogP contribution in [0.5, 0.6) is 0 Å². The maximum absolute atomic E-state index is 9.24. The zero-order valence-corrected chi connectivity index (χ0v) is 22.5. The van der Waals surface area contributed by atoms with Crippen LogP contribution >= 0.6 is 46.1 Å². The molecule has 8 rings (SSSR count). The van der Waals surface area contributed by atoms with Crippen LogP contribution in [-0.4, -0.2) is 27.9 Å². The third kappa shape index (κ3) is 2.83. The first-order valence-corrected chi connectivity index (χ1v) is 14.4. The van der Waals surface area contributed by atoms with Gasteiger partial charge in [0.2, 0.25) is 0 Å². The largest absolute Gasteiger partial charge is 0.351 e. The second kappa shape index (κ2) is 7.84.